The van der Waals surface area contributed by atoms with Gasteiger partial charge in [-0.3, -0.25) is 4.90 Å². The number of phenolic OH excluding ortho intramolecular Hbond substituents is 1. The van der Waals surface area contributed by atoms with E-state index in [0.29, 0.717) is 5.52 Å². The minimum absolute atomic E-state index is 0.163. The first-order valence-corrected chi connectivity index (χ1v) is 15.9. The number of aromatic hydroxyl groups is 1. The third-order valence-corrected chi connectivity index (χ3v) is 9.03. The first kappa shape index (κ1) is 28.5. The Labute approximate surface area is 275 Å². The number of pyridine rings is 2. The van der Waals surface area contributed by atoms with Crippen LogP contribution in [0.5, 0.6) is 5.75 Å². The number of nitrogens with zero attached hydrogens (tertiary/aromatic N) is 4. The molecule has 2 aromatic heterocycles. The van der Waals surface area contributed by atoms with Crippen molar-refractivity contribution in [2.45, 2.75) is 27.7 Å². The van der Waals surface area contributed by atoms with Gasteiger partial charge in [-0.15, -0.1) is 0 Å². The summed E-state index contributed by atoms with van der Waals surface area (Å²) in [5.41, 5.74) is 14.6. The molecule has 1 aliphatic heterocycles. The van der Waals surface area contributed by atoms with Crippen molar-refractivity contribution in [1.82, 2.24) is 9.97 Å². The first-order chi connectivity index (χ1) is 22.9. The third-order valence-electron chi connectivity index (χ3n) is 9.03. The monoisotopic (exact) mass is 610 g/mol. The maximum absolute atomic E-state index is 11.0. The number of phenols is 1. The molecule has 0 saturated heterocycles. The lowest BCUT2D eigenvalue weighted by Crippen LogP contribution is -2.25. The van der Waals surface area contributed by atoms with Gasteiger partial charge in [-0.1, -0.05) is 66.2 Å². The zero-order chi connectivity index (χ0) is 32.2. The van der Waals surface area contributed by atoms with Gasteiger partial charge in [0.05, 0.1) is 34.1 Å². The van der Waals surface area contributed by atoms with Crippen LogP contribution in [0.4, 0.5) is 34.3 Å². The molecule has 5 heteroatoms. The topological polar surface area (TPSA) is 52.5 Å². The van der Waals surface area contributed by atoms with Crippen molar-refractivity contribution in [3.8, 4) is 28.1 Å². The summed E-state index contributed by atoms with van der Waals surface area (Å²) in [7, 11) is 0. The Balaban J connectivity index is 1.36. The van der Waals surface area contributed by atoms with Gasteiger partial charge in [0.2, 0.25) is 0 Å². The standard InChI is InChI=1S/C42H34N4O/c1-26-20-21-43-40(24-26)45-35-12-8-9-13-36(35)46(42-28(3)22-27(2)23-29(42)4)37-18-14-31(25-38(37)45)34-17-15-33-32(30-10-6-5-7-11-30)16-19-39(47)41(33)44-34/h5-25,47H,1-4H3. The highest BCUT2D eigenvalue weighted by atomic mass is 16.3. The SMILES string of the molecule is Cc1ccnc(N2c3ccccc3N(c3c(C)cc(C)cc3C)c3ccc(-c4ccc5c(-c6ccccc6)ccc(O)c5n4)cc32)c1. The highest BCUT2D eigenvalue weighted by Gasteiger charge is 2.32. The highest BCUT2D eigenvalue weighted by molar-refractivity contribution is 6.03. The Morgan fingerprint density at radius 3 is 2.00 bits per heavy atom. The minimum atomic E-state index is 0.163. The van der Waals surface area contributed by atoms with Crippen molar-refractivity contribution in [2.75, 3.05) is 9.80 Å². The van der Waals surface area contributed by atoms with Crippen molar-refractivity contribution in [2.24, 2.45) is 0 Å². The molecule has 0 atom stereocenters. The van der Waals surface area contributed by atoms with Gasteiger partial charge in [0, 0.05) is 17.1 Å². The van der Waals surface area contributed by atoms with Crippen LogP contribution in [-0.4, -0.2) is 15.1 Å². The molecule has 228 valence electrons. The summed E-state index contributed by atoms with van der Waals surface area (Å²) in [5, 5.41) is 11.9. The van der Waals surface area contributed by atoms with Crippen LogP contribution in [0.15, 0.2) is 128 Å². The van der Waals surface area contributed by atoms with E-state index in [2.05, 4.69) is 116 Å². The summed E-state index contributed by atoms with van der Waals surface area (Å²) >= 11 is 0. The third kappa shape index (κ3) is 4.79. The van der Waals surface area contributed by atoms with Crippen molar-refractivity contribution >= 4 is 45.2 Å². The first-order valence-electron chi connectivity index (χ1n) is 15.9. The summed E-state index contributed by atoms with van der Waals surface area (Å²) in [6, 6.07) is 41.8. The molecule has 0 bridgehead atoms. The average Bonchev–Trinajstić information content (AvgIpc) is 3.08. The highest BCUT2D eigenvalue weighted by Crippen LogP contribution is 2.55. The molecule has 0 radical (unpaired) electrons. The number of aromatic nitrogens is 2. The second-order valence-corrected chi connectivity index (χ2v) is 12.4. The fraction of sp³-hybridized carbons (Fsp3) is 0.0952. The Morgan fingerprint density at radius 1 is 0.553 bits per heavy atom. The number of rotatable bonds is 4. The molecule has 0 spiro atoms. The Bertz CT molecular complexity index is 2310. The van der Waals surface area contributed by atoms with Gasteiger partial charge in [-0.2, -0.15) is 0 Å². The van der Waals surface area contributed by atoms with Gasteiger partial charge >= 0.3 is 0 Å². The fourth-order valence-electron chi connectivity index (χ4n) is 7.04. The van der Waals surface area contributed by atoms with E-state index in [0.717, 1.165) is 61.9 Å². The number of aryl methyl sites for hydroxylation is 4. The predicted octanol–water partition coefficient (Wildman–Crippen LogP) is 11.2. The molecule has 3 heterocycles. The molecule has 0 aliphatic carbocycles. The maximum atomic E-state index is 11.0. The molecule has 47 heavy (non-hydrogen) atoms. The van der Waals surface area contributed by atoms with Crippen LogP contribution in [0, 0.1) is 27.7 Å². The van der Waals surface area contributed by atoms with Gasteiger partial charge in [0.25, 0.3) is 0 Å². The number of anilines is 6. The Hall–Kier alpha value is -5.94. The molecular weight excluding hydrogens is 576 g/mol. The predicted molar refractivity (Wildman–Crippen MR) is 194 cm³/mol. The van der Waals surface area contributed by atoms with Crippen LogP contribution >= 0.6 is 0 Å². The van der Waals surface area contributed by atoms with E-state index >= 15 is 0 Å². The second-order valence-electron chi connectivity index (χ2n) is 12.4. The molecular formula is C42H34N4O. The van der Waals surface area contributed by atoms with Crippen LogP contribution in [0.25, 0.3) is 33.3 Å². The lowest BCUT2D eigenvalue weighted by Gasteiger charge is -2.41. The molecule has 0 fully saturated rings. The van der Waals surface area contributed by atoms with Gasteiger partial charge in [-0.25, -0.2) is 9.97 Å². The summed E-state index contributed by atoms with van der Waals surface area (Å²) in [5.74, 6) is 1.01. The molecule has 0 amide bonds. The summed E-state index contributed by atoms with van der Waals surface area (Å²) < 4.78 is 0. The van der Waals surface area contributed by atoms with Gasteiger partial charge in [0.1, 0.15) is 17.1 Å². The fourth-order valence-corrected chi connectivity index (χ4v) is 7.04. The van der Waals surface area contributed by atoms with Crippen LogP contribution in [-0.2, 0) is 0 Å². The molecule has 0 saturated carbocycles. The van der Waals surface area contributed by atoms with Crippen molar-refractivity contribution in [3.63, 3.8) is 0 Å². The van der Waals surface area contributed by atoms with E-state index < -0.39 is 0 Å². The second kappa shape index (κ2) is 11.1. The number of hydrogen-bond donors (Lipinski definition) is 1. The molecule has 7 aromatic rings. The van der Waals surface area contributed by atoms with Crippen molar-refractivity contribution < 1.29 is 5.11 Å². The van der Waals surface area contributed by atoms with Crippen LogP contribution < -0.4 is 9.80 Å². The average molecular weight is 611 g/mol. The molecule has 8 rings (SSSR count). The van der Waals surface area contributed by atoms with Crippen LogP contribution in [0.2, 0.25) is 0 Å². The summed E-state index contributed by atoms with van der Waals surface area (Å²) in [6.07, 6.45) is 1.87. The van der Waals surface area contributed by atoms with E-state index in [1.807, 2.05) is 42.6 Å². The summed E-state index contributed by atoms with van der Waals surface area (Å²) in [6.45, 7) is 8.63. The lowest BCUT2D eigenvalue weighted by molar-refractivity contribution is 0.480. The Morgan fingerprint density at radius 2 is 1.26 bits per heavy atom. The molecule has 5 nitrogen and oxygen atoms in total. The molecule has 1 aliphatic rings. The summed E-state index contributed by atoms with van der Waals surface area (Å²) in [4.78, 5) is 14.5. The number of fused-ring (bicyclic) bond motifs is 3. The molecule has 5 aromatic carbocycles. The maximum Gasteiger partial charge on any atom is 0.141 e. The van der Waals surface area contributed by atoms with E-state index in [1.54, 1.807) is 6.07 Å². The smallest absolute Gasteiger partial charge is 0.141 e. The number of benzene rings is 5. The minimum Gasteiger partial charge on any atom is -0.506 e. The van der Waals surface area contributed by atoms with Crippen molar-refractivity contribution in [3.05, 3.63) is 150 Å². The van der Waals surface area contributed by atoms with Crippen molar-refractivity contribution in [1.29, 1.82) is 0 Å². The van der Waals surface area contributed by atoms with Crippen LogP contribution in [0.3, 0.4) is 0 Å². The van der Waals surface area contributed by atoms with E-state index in [4.69, 9.17) is 9.97 Å². The zero-order valence-corrected chi connectivity index (χ0v) is 26.9. The van der Waals surface area contributed by atoms with Gasteiger partial charge < -0.3 is 10.0 Å². The quantitative estimate of drug-likeness (QED) is 0.215. The number of hydrogen-bond acceptors (Lipinski definition) is 5. The zero-order valence-electron chi connectivity index (χ0n) is 26.9. The normalized spacial score (nSPS) is 12.3. The van der Waals surface area contributed by atoms with Gasteiger partial charge in [0.15, 0.2) is 0 Å². The van der Waals surface area contributed by atoms with Gasteiger partial charge in [-0.05, 0) is 116 Å². The van der Waals surface area contributed by atoms with E-state index in [9.17, 15) is 5.11 Å². The molecule has 1 N–H and O–H groups in total. The lowest BCUT2D eigenvalue weighted by atomic mass is 9.97. The molecule has 0 unspecified atom stereocenters. The van der Waals surface area contributed by atoms with E-state index in [1.165, 1.54) is 22.4 Å². The van der Waals surface area contributed by atoms with Crippen LogP contribution in [0.1, 0.15) is 22.3 Å². The Kier molecular flexibility index (Phi) is 6.76. The van der Waals surface area contributed by atoms with E-state index in [-0.39, 0.29) is 5.75 Å². The number of para-hydroxylation sites is 2. The largest absolute Gasteiger partial charge is 0.506 e.